The highest BCUT2D eigenvalue weighted by Crippen LogP contribution is 2.28. The number of nitrogens with one attached hydrogen (secondary N) is 4. The van der Waals surface area contributed by atoms with Crippen LogP contribution in [-0.4, -0.2) is 28.0 Å². The zero-order valence-corrected chi connectivity index (χ0v) is 17.7. The van der Waals surface area contributed by atoms with Gasteiger partial charge in [-0.1, -0.05) is 35.3 Å². The van der Waals surface area contributed by atoms with Crippen LogP contribution in [0.1, 0.15) is 12.1 Å². The minimum Gasteiger partial charge on any atom is -0.357 e. The first-order valence-corrected chi connectivity index (χ1v) is 9.76. The van der Waals surface area contributed by atoms with Crippen LogP contribution in [0.3, 0.4) is 0 Å². The Balaban J connectivity index is 0.00000240. The number of benzene rings is 2. The molecule has 2 aromatic carbocycles. The van der Waals surface area contributed by atoms with E-state index in [1.165, 1.54) is 0 Å². The summed E-state index contributed by atoms with van der Waals surface area (Å²) in [5.74, 6) is 0.492. The van der Waals surface area contributed by atoms with Crippen molar-refractivity contribution in [1.29, 1.82) is 0 Å². The Labute approximate surface area is 183 Å². The van der Waals surface area contributed by atoms with Crippen LogP contribution in [0.4, 0.5) is 5.95 Å². The van der Waals surface area contributed by atoms with Crippen molar-refractivity contribution in [2.24, 2.45) is 0 Å². The van der Waals surface area contributed by atoms with Gasteiger partial charge in [-0.25, -0.2) is 4.98 Å². The summed E-state index contributed by atoms with van der Waals surface area (Å²) < 4.78 is 0. The molecule has 0 aliphatic carbocycles. The minimum atomic E-state index is -0.135. The number of aromatic amines is 2. The Hall–Kier alpha value is -2.25. The van der Waals surface area contributed by atoms with Gasteiger partial charge in [0.05, 0.1) is 15.9 Å². The number of para-hydroxylation sites is 1. The number of fused-ring (bicyclic) bond motifs is 2. The lowest BCUT2D eigenvalue weighted by Gasteiger charge is -2.07. The Kier molecular flexibility index (Phi) is 7.03. The molecule has 0 spiro atoms. The van der Waals surface area contributed by atoms with Crippen molar-refractivity contribution in [1.82, 2.24) is 20.3 Å². The van der Waals surface area contributed by atoms with E-state index in [4.69, 9.17) is 23.2 Å². The zero-order chi connectivity index (χ0) is 19.5. The van der Waals surface area contributed by atoms with Crippen LogP contribution in [0.5, 0.6) is 0 Å². The van der Waals surface area contributed by atoms with E-state index >= 15 is 0 Å². The van der Waals surface area contributed by atoms with Gasteiger partial charge in [-0.05, 0) is 43.3 Å². The summed E-state index contributed by atoms with van der Waals surface area (Å²) in [4.78, 5) is 22.6. The van der Waals surface area contributed by atoms with Crippen LogP contribution in [0.15, 0.2) is 47.3 Å². The molecule has 0 saturated heterocycles. The predicted molar refractivity (Wildman–Crippen MR) is 123 cm³/mol. The molecule has 9 heteroatoms. The number of hydrogen-bond donors (Lipinski definition) is 4. The third-order valence-electron chi connectivity index (χ3n) is 4.46. The number of aromatic nitrogens is 3. The summed E-state index contributed by atoms with van der Waals surface area (Å²) in [6, 6.07) is 12.9. The maximum atomic E-state index is 12.0. The zero-order valence-electron chi connectivity index (χ0n) is 15.4. The fourth-order valence-electron chi connectivity index (χ4n) is 3.13. The highest BCUT2D eigenvalue weighted by Gasteiger charge is 2.06. The van der Waals surface area contributed by atoms with Crippen molar-refractivity contribution in [2.45, 2.75) is 13.0 Å². The number of nitrogens with zero attached hydrogens (tertiary/aromatic N) is 1. The van der Waals surface area contributed by atoms with E-state index in [-0.39, 0.29) is 18.0 Å². The molecule has 0 saturated carbocycles. The van der Waals surface area contributed by atoms with E-state index in [2.05, 4.69) is 25.6 Å². The lowest BCUT2D eigenvalue weighted by atomic mass is 10.2. The van der Waals surface area contributed by atoms with Gasteiger partial charge >= 0.3 is 0 Å². The van der Waals surface area contributed by atoms with Crippen LogP contribution >= 0.6 is 35.6 Å². The Morgan fingerprint density at radius 3 is 2.69 bits per heavy atom. The molecule has 4 aromatic rings. The molecular weight excluding hydrogens is 433 g/mol. The van der Waals surface area contributed by atoms with E-state index in [1.807, 2.05) is 30.3 Å². The SMILES string of the molecule is Cl.O=c1[nH]c(NCCCNCc2cc3c(Cl)cc(Cl)cc3[nH]2)nc2ccccc12. The molecule has 4 rings (SSSR count). The van der Waals surface area contributed by atoms with E-state index in [0.29, 0.717) is 40.0 Å². The normalized spacial score (nSPS) is 11.0. The molecule has 6 nitrogen and oxygen atoms in total. The number of anilines is 1. The van der Waals surface area contributed by atoms with Crippen molar-refractivity contribution in [3.63, 3.8) is 0 Å². The van der Waals surface area contributed by atoms with E-state index < -0.39 is 0 Å². The summed E-state index contributed by atoms with van der Waals surface area (Å²) in [5.41, 5.74) is 2.53. The number of hydrogen-bond acceptors (Lipinski definition) is 4. The molecule has 2 aromatic heterocycles. The first kappa shape index (κ1) is 21.5. The van der Waals surface area contributed by atoms with Crippen LogP contribution < -0.4 is 16.2 Å². The Morgan fingerprint density at radius 2 is 1.83 bits per heavy atom. The van der Waals surface area contributed by atoms with Crippen molar-refractivity contribution >= 4 is 63.4 Å². The third kappa shape index (κ3) is 5.03. The molecule has 4 N–H and O–H groups in total. The van der Waals surface area contributed by atoms with Gasteiger partial charge < -0.3 is 15.6 Å². The van der Waals surface area contributed by atoms with Gasteiger partial charge in [0.15, 0.2) is 0 Å². The second kappa shape index (κ2) is 9.50. The van der Waals surface area contributed by atoms with Crippen molar-refractivity contribution in [3.05, 3.63) is 68.6 Å². The maximum absolute atomic E-state index is 12.0. The van der Waals surface area contributed by atoms with Crippen LogP contribution in [0.25, 0.3) is 21.8 Å². The molecule has 0 bridgehead atoms. The molecule has 2 heterocycles. The standard InChI is InChI=1S/C20H19Cl2N5O.ClH/c21-12-8-16(22)15-10-13(25-18(15)9-12)11-23-6-3-7-24-20-26-17-5-2-1-4-14(17)19(28)27-20;/h1-2,4-5,8-10,23,25H,3,6-7,11H2,(H2,24,26,27,28);1H. The fourth-order valence-corrected chi connectivity index (χ4v) is 3.67. The van der Waals surface area contributed by atoms with Gasteiger partial charge in [-0.3, -0.25) is 9.78 Å². The summed E-state index contributed by atoms with van der Waals surface area (Å²) in [7, 11) is 0. The van der Waals surface area contributed by atoms with Crippen molar-refractivity contribution < 1.29 is 0 Å². The monoisotopic (exact) mass is 451 g/mol. The van der Waals surface area contributed by atoms with Crippen molar-refractivity contribution in [2.75, 3.05) is 18.4 Å². The summed E-state index contributed by atoms with van der Waals surface area (Å²) in [5, 5.41) is 9.37. The molecule has 0 atom stereocenters. The largest absolute Gasteiger partial charge is 0.357 e. The molecule has 0 amide bonds. The fraction of sp³-hybridized carbons (Fsp3) is 0.200. The Bertz CT molecular complexity index is 1190. The second-order valence-electron chi connectivity index (χ2n) is 6.53. The molecule has 0 aliphatic heterocycles. The van der Waals surface area contributed by atoms with Crippen LogP contribution in [-0.2, 0) is 6.54 Å². The van der Waals surface area contributed by atoms with E-state index in [9.17, 15) is 4.79 Å². The quantitative estimate of drug-likeness (QED) is 0.306. The smallest absolute Gasteiger partial charge is 0.260 e. The van der Waals surface area contributed by atoms with Crippen molar-refractivity contribution in [3.8, 4) is 0 Å². The third-order valence-corrected chi connectivity index (χ3v) is 4.99. The average Bonchev–Trinajstić information content (AvgIpc) is 3.08. The predicted octanol–water partition coefficient (Wildman–Crippen LogP) is 4.72. The first-order chi connectivity index (χ1) is 13.6. The molecule has 0 unspecified atom stereocenters. The Morgan fingerprint density at radius 1 is 1.00 bits per heavy atom. The van der Waals surface area contributed by atoms with Gasteiger partial charge in [0.2, 0.25) is 5.95 Å². The topological polar surface area (TPSA) is 85.6 Å². The lowest BCUT2D eigenvalue weighted by Crippen LogP contribution is -2.19. The second-order valence-corrected chi connectivity index (χ2v) is 7.38. The summed E-state index contributed by atoms with van der Waals surface area (Å²) in [6.07, 6.45) is 0.878. The number of rotatable bonds is 7. The van der Waals surface area contributed by atoms with E-state index in [0.717, 1.165) is 29.6 Å². The molecule has 0 radical (unpaired) electrons. The van der Waals surface area contributed by atoms with E-state index in [1.54, 1.807) is 12.1 Å². The molecule has 29 heavy (non-hydrogen) atoms. The number of H-pyrrole nitrogens is 2. The van der Waals surface area contributed by atoms with Gasteiger partial charge in [-0.15, -0.1) is 12.4 Å². The highest BCUT2D eigenvalue weighted by molar-refractivity contribution is 6.38. The highest BCUT2D eigenvalue weighted by atomic mass is 35.5. The lowest BCUT2D eigenvalue weighted by molar-refractivity contribution is 0.655. The summed E-state index contributed by atoms with van der Waals surface area (Å²) >= 11 is 12.3. The van der Waals surface area contributed by atoms with Crippen LogP contribution in [0.2, 0.25) is 10.0 Å². The molecule has 0 fully saturated rings. The van der Waals surface area contributed by atoms with Gasteiger partial charge in [-0.2, -0.15) is 0 Å². The summed E-state index contributed by atoms with van der Waals surface area (Å²) in [6.45, 7) is 2.21. The number of halogens is 3. The van der Waals surface area contributed by atoms with Crippen LogP contribution in [0, 0.1) is 0 Å². The molecular formula is C20H20Cl3N5O. The molecule has 152 valence electrons. The van der Waals surface area contributed by atoms with Gasteiger partial charge in [0.1, 0.15) is 0 Å². The minimum absolute atomic E-state index is 0. The van der Waals surface area contributed by atoms with Gasteiger partial charge in [0.25, 0.3) is 5.56 Å². The van der Waals surface area contributed by atoms with Gasteiger partial charge in [0, 0.05) is 34.7 Å². The molecule has 0 aliphatic rings. The first-order valence-electron chi connectivity index (χ1n) is 9.00. The maximum Gasteiger partial charge on any atom is 0.260 e. The average molecular weight is 453 g/mol.